The van der Waals surface area contributed by atoms with Crippen molar-refractivity contribution in [2.45, 2.75) is 26.2 Å². The lowest BCUT2D eigenvalue weighted by molar-refractivity contribution is 0.497. The van der Waals surface area contributed by atoms with E-state index in [1.54, 1.807) is 22.7 Å². The minimum absolute atomic E-state index is 0.0580. The van der Waals surface area contributed by atoms with Gasteiger partial charge in [0.25, 0.3) is 0 Å². The maximum Gasteiger partial charge on any atom is 0.182 e. The second-order valence-electron chi connectivity index (χ2n) is 11.1. The van der Waals surface area contributed by atoms with E-state index in [0.29, 0.717) is 0 Å². The van der Waals surface area contributed by atoms with Gasteiger partial charge in [0, 0.05) is 56.8 Å². The summed E-state index contributed by atoms with van der Waals surface area (Å²) in [7, 11) is 2.13. The first-order valence-corrected chi connectivity index (χ1v) is 14.8. The monoisotopic (exact) mass is 547 g/mol. The largest absolute Gasteiger partial charge is 0.447 e. The van der Waals surface area contributed by atoms with Gasteiger partial charge in [-0.15, -0.1) is 11.3 Å². The Bertz CT molecular complexity index is 1850. The van der Waals surface area contributed by atoms with E-state index in [4.69, 9.17) is 9.72 Å². The van der Waals surface area contributed by atoms with Crippen molar-refractivity contribution in [1.29, 1.82) is 0 Å². The molecule has 3 aromatic heterocycles. The molecule has 4 heterocycles. The number of para-hydroxylation sites is 2. The molecule has 6 aromatic rings. The molecule has 0 amide bonds. The lowest BCUT2D eigenvalue weighted by Gasteiger charge is -2.20. The topological polar surface area (TPSA) is 28.6 Å². The maximum absolute atomic E-state index is 6.53. The zero-order chi connectivity index (χ0) is 26.7. The molecule has 4 nitrogen and oxygen atoms in total. The molecule has 0 radical (unpaired) electrons. The molecule has 0 saturated carbocycles. The molecule has 6 heteroatoms. The van der Waals surface area contributed by atoms with Crippen LogP contribution in [0.25, 0.3) is 31.4 Å². The standard InChI is InChI=1S/C33H29N3OS2/c1-33(2,3)21-12-14-34-27(16-21)25-18-30-24(13-15-38-30)32-26(25)19-31(39-32)37-23-9-7-8-22(17-23)36-20-35(4)28-10-5-6-11-29(28)36/h5-19H,20H2,1-4H3. The molecule has 0 N–H and O–H groups in total. The lowest BCUT2D eigenvalue weighted by Crippen LogP contribution is -2.23. The third-order valence-electron chi connectivity index (χ3n) is 7.40. The molecule has 0 unspecified atom stereocenters. The fourth-order valence-electron chi connectivity index (χ4n) is 5.34. The normalized spacial score (nSPS) is 13.4. The van der Waals surface area contributed by atoms with Crippen molar-refractivity contribution < 1.29 is 4.74 Å². The van der Waals surface area contributed by atoms with Crippen LogP contribution in [0.2, 0.25) is 0 Å². The molecule has 3 aromatic carbocycles. The number of thiophene rings is 2. The number of anilines is 3. The zero-order valence-corrected chi connectivity index (χ0v) is 24.1. The van der Waals surface area contributed by atoms with E-state index in [2.05, 4.69) is 116 Å². The van der Waals surface area contributed by atoms with Crippen LogP contribution in [0, 0.1) is 0 Å². The molecule has 1 aliphatic heterocycles. The average molecular weight is 548 g/mol. The van der Waals surface area contributed by atoms with E-state index >= 15 is 0 Å². The summed E-state index contributed by atoms with van der Waals surface area (Å²) in [4.78, 5) is 9.39. The van der Waals surface area contributed by atoms with Crippen LogP contribution in [0.4, 0.5) is 17.1 Å². The van der Waals surface area contributed by atoms with Crippen LogP contribution in [0.15, 0.2) is 90.4 Å². The van der Waals surface area contributed by atoms with E-state index in [9.17, 15) is 0 Å². The predicted octanol–water partition coefficient (Wildman–Crippen LogP) is 9.81. The van der Waals surface area contributed by atoms with Gasteiger partial charge in [-0.1, -0.05) is 50.3 Å². The second-order valence-corrected chi connectivity index (χ2v) is 13.1. The fourth-order valence-corrected chi connectivity index (χ4v) is 7.32. The highest BCUT2D eigenvalue weighted by atomic mass is 32.1. The van der Waals surface area contributed by atoms with Gasteiger partial charge in [0.2, 0.25) is 0 Å². The molecular formula is C33H29N3OS2. The highest BCUT2D eigenvalue weighted by molar-refractivity contribution is 7.23. The number of benzene rings is 3. The van der Waals surface area contributed by atoms with E-state index in [1.807, 2.05) is 12.3 Å². The highest BCUT2D eigenvalue weighted by Crippen LogP contribution is 2.46. The summed E-state index contributed by atoms with van der Waals surface area (Å²) in [6, 6.07) is 28.0. The molecule has 0 saturated heterocycles. The molecule has 0 spiro atoms. The van der Waals surface area contributed by atoms with Crippen molar-refractivity contribution >= 4 is 59.9 Å². The van der Waals surface area contributed by atoms with Crippen molar-refractivity contribution in [3.63, 3.8) is 0 Å². The van der Waals surface area contributed by atoms with Gasteiger partial charge < -0.3 is 14.5 Å². The van der Waals surface area contributed by atoms with Crippen molar-refractivity contribution in [3.8, 4) is 22.1 Å². The van der Waals surface area contributed by atoms with E-state index in [-0.39, 0.29) is 5.41 Å². The summed E-state index contributed by atoms with van der Waals surface area (Å²) >= 11 is 3.48. The Morgan fingerprint density at radius 1 is 0.872 bits per heavy atom. The summed E-state index contributed by atoms with van der Waals surface area (Å²) in [6.07, 6.45) is 1.93. The SMILES string of the molecule is CN1CN(c2cccc(Oc3cc4c(-c5cc(C(C)(C)C)ccn5)cc5sccc5c4s3)c2)c2ccccc21. The van der Waals surface area contributed by atoms with Gasteiger partial charge >= 0.3 is 0 Å². The highest BCUT2D eigenvalue weighted by Gasteiger charge is 2.24. The average Bonchev–Trinajstić information content (AvgIpc) is 3.65. The molecule has 7 rings (SSSR count). The van der Waals surface area contributed by atoms with Gasteiger partial charge in [0.15, 0.2) is 5.06 Å². The maximum atomic E-state index is 6.53. The Morgan fingerprint density at radius 3 is 2.56 bits per heavy atom. The van der Waals surface area contributed by atoms with Crippen molar-refractivity contribution in [3.05, 3.63) is 96.0 Å². The Hall–Kier alpha value is -3.87. The molecule has 0 aliphatic carbocycles. The minimum atomic E-state index is 0.0580. The minimum Gasteiger partial charge on any atom is -0.447 e. The molecule has 39 heavy (non-hydrogen) atoms. The number of fused-ring (bicyclic) bond motifs is 4. The molecule has 0 bridgehead atoms. The number of hydrogen-bond acceptors (Lipinski definition) is 6. The first-order valence-electron chi connectivity index (χ1n) is 13.1. The van der Waals surface area contributed by atoms with Gasteiger partial charge in [0.05, 0.1) is 23.7 Å². The number of nitrogens with zero attached hydrogens (tertiary/aromatic N) is 3. The first-order chi connectivity index (χ1) is 18.8. The van der Waals surface area contributed by atoms with Crippen LogP contribution in [0.5, 0.6) is 10.8 Å². The van der Waals surface area contributed by atoms with Gasteiger partial charge in [-0.25, -0.2) is 0 Å². The number of hydrogen-bond donors (Lipinski definition) is 0. The summed E-state index contributed by atoms with van der Waals surface area (Å²) in [5, 5.41) is 5.51. The lowest BCUT2D eigenvalue weighted by atomic mass is 9.87. The second kappa shape index (κ2) is 9.11. The number of pyridine rings is 1. The fraction of sp³-hybridized carbons (Fsp3) is 0.182. The Labute approximate surface area is 236 Å². The van der Waals surface area contributed by atoms with E-state index in [1.165, 1.54) is 37.1 Å². The van der Waals surface area contributed by atoms with E-state index in [0.717, 1.165) is 34.4 Å². The molecule has 194 valence electrons. The summed E-state index contributed by atoms with van der Waals surface area (Å²) in [6.45, 7) is 7.54. The van der Waals surface area contributed by atoms with Crippen LogP contribution in [0.1, 0.15) is 26.3 Å². The third-order valence-corrected chi connectivity index (χ3v) is 9.31. The van der Waals surface area contributed by atoms with Gasteiger partial charge in [-0.3, -0.25) is 4.98 Å². The quantitative estimate of drug-likeness (QED) is 0.220. The van der Waals surface area contributed by atoms with Crippen molar-refractivity contribution in [2.75, 3.05) is 23.5 Å². The smallest absolute Gasteiger partial charge is 0.182 e. The van der Waals surface area contributed by atoms with Crippen LogP contribution in [-0.2, 0) is 5.41 Å². The van der Waals surface area contributed by atoms with Gasteiger partial charge in [-0.05, 0) is 64.9 Å². The number of ether oxygens (including phenoxy) is 1. The summed E-state index contributed by atoms with van der Waals surface area (Å²) < 4.78 is 9.05. The summed E-state index contributed by atoms with van der Waals surface area (Å²) in [5.41, 5.74) is 7.08. The van der Waals surface area contributed by atoms with Crippen LogP contribution in [-0.4, -0.2) is 18.7 Å². The molecule has 0 fully saturated rings. The van der Waals surface area contributed by atoms with Crippen LogP contribution < -0.4 is 14.5 Å². The van der Waals surface area contributed by atoms with Gasteiger partial charge in [0.1, 0.15) is 5.75 Å². The third kappa shape index (κ3) is 4.24. The first kappa shape index (κ1) is 24.2. The van der Waals surface area contributed by atoms with Crippen molar-refractivity contribution in [2.24, 2.45) is 0 Å². The molecule has 1 aliphatic rings. The Kier molecular flexibility index (Phi) is 5.65. The Balaban J connectivity index is 1.28. The number of rotatable bonds is 4. The molecular weight excluding hydrogens is 519 g/mol. The van der Waals surface area contributed by atoms with Gasteiger partial charge in [-0.2, -0.15) is 0 Å². The summed E-state index contributed by atoms with van der Waals surface area (Å²) in [5.74, 6) is 0.835. The molecule has 0 atom stereocenters. The predicted molar refractivity (Wildman–Crippen MR) is 168 cm³/mol. The van der Waals surface area contributed by atoms with Crippen LogP contribution in [0.3, 0.4) is 0 Å². The van der Waals surface area contributed by atoms with E-state index < -0.39 is 0 Å². The Morgan fingerprint density at radius 2 is 1.72 bits per heavy atom. The van der Waals surface area contributed by atoms with Crippen molar-refractivity contribution in [1.82, 2.24) is 4.98 Å². The zero-order valence-electron chi connectivity index (χ0n) is 22.4. The number of aromatic nitrogens is 1. The van der Waals surface area contributed by atoms with Crippen LogP contribution >= 0.6 is 22.7 Å².